The molecule has 32 heavy (non-hydrogen) atoms. The number of anilines is 2. The van der Waals surface area contributed by atoms with Crippen molar-refractivity contribution in [2.75, 3.05) is 24.3 Å². The Balaban J connectivity index is 1.58. The summed E-state index contributed by atoms with van der Waals surface area (Å²) >= 11 is 0. The van der Waals surface area contributed by atoms with Gasteiger partial charge in [0, 0.05) is 44.0 Å². The Hall–Kier alpha value is -2.82. The molecule has 0 aliphatic heterocycles. The van der Waals surface area contributed by atoms with E-state index >= 15 is 0 Å². The lowest BCUT2D eigenvalue weighted by Gasteiger charge is -2.30. The van der Waals surface area contributed by atoms with Crippen LogP contribution in [0.5, 0.6) is 0 Å². The van der Waals surface area contributed by atoms with Crippen molar-refractivity contribution in [2.24, 2.45) is 5.92 Å². The maximum Gasteiger partial charge on any atom is 0.230 e. The van der Waals surface area contributed by atoms with Crippen molar-refractivity contribution in [2.45, 2.75) is 64.0 Å². The average Bonchev–Trinajstić information content (AvgIpc) is 3.57. The predicted molar refractivity (Wildman–Crippen MR) is 130 cm³/mol. The van der Waals surface area contributed by atoms with E-state index in [1.807, 2.05) is 38.4 Å². The molecule has 1 atom stereocenters. The SMILES string of the molecule is CCC(C(=O)N(Cc1cc(NC(=O)C2CCC2)ccc1N(C)C)C1CC1)c1ccccc1. The third-order valence-corrected chi connectivity index (χ3v) is 6.82. The lowest BCUT2D eigenvalue weighted by atomic mass is 9.85. The van der Waals surface area contributed by atoms with E-state index in [0.717, 1.165) is 61.0 Å². The van der Waals surface area contributed by atoms with Crippen LogP contribution in [-0.2, 0) is 16.1 Å². The van der Waals surface area contributed by atoms with Crippen LogP contribution in [0.25, 0.3) is 0 Å². The number of amides is 2. The molecule has 2 fully saturated rings. The fourth-order valence-corrected chi connectivity index (χ4v) is 4.54. The minimum atomic E-state index is -0.124. The van der Waals surface area contributed by atoms with Crippen LogP contribution < -0.4 is 10.2 Å². The zero-order valence-corrected chi connectivity index (χ0v) is 19.5. The molecule has 0 heterocycles. The molecule has 1 unspecified atom stereocenters. The van der Waals surface area contributed by atoms with Gasteiger partial charge in [-0.3, -0.25) is 9.59 Å². The molecule has 5 nitrogen and oxygen atoms in total. The molecular weight excluding hydrogens is 398 g/mol. The first-order chi connectivity index (χ1) is 15.5. The van der Waals surface area contributed by atoms with E-state index in [9.17, 15) is 9.59 Å². The first-order valence-electron chi connectivity index (χ1n) is 11.9. The summed E-state index contributed by atoms with van der Waals surface area (Å²) < 4.78 is 0. The number of hydrogen-bond acceptors (Lipinski definition) is 3. The third kappa shape index (κ3) is 4.98. The quantitative estimate of drug-likeness (QED) is 0.593. The number of hydrogen-bond donors (Lipinski definition) is 1. The molecule has 2 aliphatic carbocycles. The number of carbonyl (C=O) groups is 2. The van der Waals surface area contributed by atoms with Gasteiger partial charge in [0.1, 0.15) is 0 Å². The van der Waals surface area contributed by atoms with Gasteiger partial charge in [0.15, 0.2) is 0 Å². The van der Waals surface area contributed by atoms with Gasteiger partial charge in [-0.05, 0) is 61.4 Å². The van der Waals surface area contributed by atoms with Crippen molar-refractivity contribution in [1.82, 2.24) is 4.90 Å². The van der Waals surface area contributed by atoms with Crippen LogP contribution in [0.1, 0.15) is 62.5 Å². The van der Waals surface area contributed by atoms with Crippen molar-refractivity contribution in [1.29, 1.82) is 0 Å². The highest BCUT2D eigenvalue weighted by molar-refractivity contribution is 5.93. The van der Waals surface area contributed by atoms with E-state index in [-0.39, 0.29) is 23.7 Å². The summed E-state index contributed by atoms with van der Waals surface area (Å²) in [4.78, 5) is 30.3. The van der Waals surface area contributed by atoms with E-state index in [1.54, 1.807) is 0 Å². The van der Waals surface area contributed by atoms with Gasteiger partial charge in [0.25, 0.3) is 0 Å². The number of carbonyl (C=O) groups excluding carboxylic acids is 2. The summed E-state index contributed by atoms with van der Waals surface area (Å²) in [5, 5.41) is 3.10. The Kier molecular flexibility index (Phi) is 6.83. The van der Waals surface area contributed by atoms with Crippen LogP contribution in [0.4, 0.5) is 11.4 Å². The normalized spacial score (nSPS) is 16.7. The third-order valence-electron chi connectivity index (χ3n) is 6.82. The minimum absolute atomic E-state index is 0.116. The second-order valence-corrected chi connectivity index (χ2v) is 9.42. The number of nitrogens with one attached hydrogen (secondary N) is 1. The summed E-state index contributed by atoms with van der Waals surface area (Å²) in [7, 11) is 4.04. The van der Waals surface area contributed by atoms with E-state index in [2.05, 4.69) is 46.3 Å². The molecule has 1 N–H and O–H groups in total. The molecular formula is C27H35N3O2. The standard InChI is InChI=1S/C27H35N3O2/c1-4-24(19-9-6-5-7-10-19)27(32)30(23-14-15-23)18-21-17-22(13-16-25(21)29(2)3)28-26(31)20-11-8-12-20/h5-7,9-10,13,16-17,20,23-24H,4,8,11-12,14-15,18H2,1-3H3,(H,28,31). The lowest BCUT2D eigenvalue weighted by Crippen LogP contribution is -2.37. The number of benzene rings is 2. The molecule has 4 rings (SSSR count). The number of rotatable bonds is 9. The Bertz CT molecular complexity index is 949. The second-order valence-electron chi connectivity index (χ2n) is 9.42. The van der Waals surface area contributed by atoms with Crippen LogP contribution in [0.2, 0.25) is 0 Å². The molecule has 0 bridgehead atoms. The van der Waals surface area contributed by atoms with E-state index in [4.69, 9.17) is 0 Å². The largest absolute Gasteiger partial charge is 0.377 e. The molecule has 5 heteroatoms. The summed E-state index contributed by atoms with van der Waals surface area (Å²) in [5.74, 6) is 0.341. The lowest BCUT2D eigenvalue weighted by molar-refractivity contribution is -0.134. The Labute approximate surface area is 191 Å². The van der Waals surface area contributed by atoms with Gasteiger partial charge in [0.2, 0.25) is 11.8 Å². The van der Waals surface area contributed by atoms with E-state index in [0.29, 0.717) is 12.6 Å². The smallest absolute Gasteiger partial charge is 0.230 e. The number of nitrogens with zero attached hydrogens (tertiary/aromatic N) is 2. The van der Waals surface area contributed by atoms with Crippen LogP contribution in [-0.4, -0.2) is 36.9 Å². The van der Waals surface area contributed by atoms with Crippen LogP contribution in [0, 0.1) is 5.92 Å². The van der Waals surface area contributed by atoms with E-state index in [1.165, 1.54) is 0 Å². The molecule has 2 aromatic rings. The Morgan fingerprint density at radius 3 is 2.31 bits per heavy atom. The van der Waals surface area contributed by atoms with Crippen molar-refractivity contribution < 1.29 is 9.59 Å². The fourth-order valence-electron chi connectivity index (χ4n) is 4.54. The molecule has 0 spiro atoms. The topological polar surface area (TPSA) is 52.7 Å². The fraction of sp³-hybridized carbons (Fsp3) is 0.481. The van der Waals surface area contributed by atoms with Gasteiger partial charge in [-0.25, -0.2) is 0 Å². The molecule has 0 aromatic heterocycles. The van der Waals surface area contributed by atoms with E-state index < -0.39 is 0 Å². The highest BCUT2D eigenvalue weighted by Crippen LogP contribution is 2.35. The predicted octanol–water partition coefficient (Wildman–Crippen LogP) is 5.18. The van der Waals surface area contributed by atoms with Crippen molar-refractivity contribution >= 4 is 23.2 Å². The summed E-state index contributed by atoms with van der Waals surface area (Å²) in [6.45, 7) is 2.65. The van der Waals surface area contributed by atoms with Crippen molar-refractivity contribution in [3.8, 4) is 0 Å². The summed E-state index contributed by atoms with van der Waals surface area (Å²) in [6, 6.07) is 16.5. The van der Waals surface area contributed by atoms with Crippen LogP contribution in [0.3, 0.4) is 0 Å². The molecule has 0 radical (unpaired) electrons. The maximum absolute atomic E-state index is 13.7. The molecule has 170 valence electrons. The maximum atomic E-state index is 13.7. The van der Waals surface area contributed by atoms with Gasteiger partial charge < -0.3 is 15.1 Å². The van der Waals surface area contributed by atoms with Gasteiger partial charge in [-0.15, -0.1) is 0 Å². The molecule has 2 aromatic carbocycles. The zero-order valence-electron chi connectivity index (χ0n) is 19.5. The van der Waals surface area contributed by atoms with Gasteiger partial charge in [0.05, 0.1) is 5.92 Å². The van der Waals surface area contributed by atoms with Crippen LogP contribution in [0.15, 0.2) is 48.5 Å². The first-order valence-corrected chi connectivity index (χ1v) is 11.9. The van der Waals surface area contributed by atoms with Gasteiger partial charge >= 0.3 is 0 Å². The Morgan fingerprint density at radius 1 is 1.03 bits per heavy atom. The van der Waals surface area contributed by atoms with Crippen LogP contribution >= 0.6 is 0 Å². The monoisotopic (exact) mass is 433 g/mol. The molecule has 2 saturated carbocycles. The first kappa shape index (κ1) is 22.4. The minimum Gasteiger partial charge on any atom is -0.377 e. The van der Waals surface area contributed by atoms with Crippen molar-refractivity contribution in [3.05, 3.63) is 59.7 Å². The molecule has 0 saturated heterocycles. The second kappa shape index (κ2) is 9.76. The average molecular weight is 434 g/mol. The summed E-state index contributed by atoms with van der Waals surface area (Å²) in [6.07, 6.45) is 6.01. The molecule has 2 amide bonds. The summed E-state index contributed by atoms with van der Waals surface area (Å²) in [5.41, 5.74) is 4.06. The van der Waals surface area contributed by atoms with Gasteiger partial charge in [-0.2, -0.15) is 0 Å². The highest BCUT2D eigenvalue weighted by atomic mass is 16.2. The Morgan fingerprint density at radius 2 is 1.75 bits per heavy atom. The van der Waals surface area contributed by atoms with Crippen molar-refractivity contribution in [3.63, 3.8) is 0 Å². The van der Waals surface area contributed by atoms with Gasteiger partial charge in [-0.1, -0.05) is 43.7 Å². The molecule has 2 aliphatic rings. The zero-order chi connectivity index (χ0) is 22.7. The highest BCUT2D eigenvalue weighted by Gasteiger charge is 2.36.